The molecule has 1 unspecified atom stereocenters. The molecule has 3 heterocycles. The molecule has 2 atom stereocenters. The van der Waals surface area contributed by atoms with Crippen molar-refractivity contribution in [3.8, 4) is 0 Å². The van der Waals surface area contributed by atoms with E-state index in [4.69, 9.17) is 0 Å². The molecular formula is C31H39N5O2S. The number of hydrogen-bond acceptors (Lipinski definition) is 6. The summed E-state index contributed by atoms with van der Waals surface area (Å²) < 4.78 is 2.03. The second-order valence-corrected chi connectivity index (χ2v) is 12.8. The molecule has 1 saturated heterocycles. The molecule has 3 aliphatic rings. The van der Waals surface area contributed by atoms with E-state index < -0.39 is 0 Å². The van der Waals surface area contributed by atoms with Crippen molar-refractivity contribution in [1.29, 1.82) is 0 Å². The minimum Gasteiger partial charge on any atom is -0.394 e. The first-order valence-electron chi connectivity index (χ1n) is 14.2. The van der Waals surface area contributed by atoms with Gasteiger partial charge in [-0.05, 0) is 91.3 Å². The summed E-state index contributed by atoms with van der Waals surface area (Å²) in [5.41, 5.74) is 4.85. The Labute approximate surface area is 235 Å². The first kappa shape index (κ1) is 26.5. The third-order valence-electron chi connectivity index (χ3n) is 9.17. The zero-order chi connectivity index (χ0) is 27.3. The van der Waals surface area contributed by atoms with Crippen LogP contribution in [0, 0.1) is 11.8 Å². The zero-order valence-electron chi connectivity index (χ0n) is 23.4. The van der Waals surface area contributed by atoms with E-state index >= 15 is 0 Å². The van der Waals surface area contributed by atoms with Crippen molar-refractivity contribution in [3.05, 3.63) is 70.8 Å². The number of carbonyl (C=O) groups excluding carboxylic acids is 1. The van der Waals surface area contributed by atoms with Crippen molar-refractivity contribution in [2.75, 3.05) is 30.9 Å². The van der Waals surface area contributed by atoms with E-state index in [1.807, 2.05) is 22.6 Å². The van der Waals surface area contributed by atoms with Crippen LogP contribution >= 0.6 is 11.8 Å². The SMILES string of the molecule is CSc1cc(C(CO)N2CCC[C@H](C)C2)cc2c1CN(c1cccc([C@]3(c4nncn4C)C[C@@H](C)C3)c1)C2=O. The molecule has 8 heteroatoms. The molecule has 2 fully saturated rings. The van der Waals surface area contributed by atoms with Crippen molar-refractivity contribution in [1.82, 2.24) is 19.7 Å². The topological polar surface area (TPSA) is 74.5 Å². The number of nitrogens with zero attached hydrogens (tertiary/aromatic N) is 5. The highest BCUT2D eigenvalue weighted by Crippen LogP contribution is 2.52. The Hall–Kier alpha value is -2.68. The monoisotopic (exact) mass is 545 g/mol. The van der Waals surface area contributed by atoms with E-state index in [2.05, 4.69) is 65.5 Å². The number of aromatic nitrogens is 3. The molecule has 0 radical (unpaired) electrons. The second kappa shape index (κ2) is 10.4. The van der Waals surface area contributed by atoms with Gasteiger partial charge < -0.3 is 14.6 Å². The van der Waals surface area contributed by atoms with E-state index in [0.717, 1.165) is 65.4 Å². The van der Waals surface area contributed by atoms with Crippen molar-refractivity contribution in [2.24, 2.45) is 18.9 Å². The summed E-state index contributed by atoms with van der Waals surface area (Å²) in [5.74, 6) is 2.27. The van der Waals surface area contributed by atoms with Gasteiger partial charge in [-0.1, -0.05) is 26.0 Å². The molecule has 0 spiro atoms. The molecule has 2 aliphatic heterocycles. The van der Waals surface area contributed by atoms with E-state index in [-0.39, 0.29) is 24.0 Å². The van der Waals surface area contributed by atoms with Crippen LogP contribution in [0.25, 0.3) is 0 Å². The fourth-order valence-electron chi connectivity index (χ4n) is 7.28. The number of amides is 1. The molecule has 1 aromatic heterocycles. The first-order chi connectivity index (χ1) is 18.8. The van der Waals surface area contributed by atoms with Gasteiger partial charge >= 0.3 is 0 Å². The van der Waals surface area contributed by atoms with Crippen LogP contribution < -0.4 is 4.90 Å². The van der Waals surface area contributed by atoms with Crippen LogP contribution in [-0.2, 0) is 19.0 Å². The number of aryl methyl sites for hydroxylation is 1. The predicted molar refractivity (Wildman–Crippen MR) is 155 cm³/mol. The third-order valence-corrected chi connectivity index (χ3v) is 9.98. The van der Waals surface area contributed by atoms with Gasteiger partial charge in [0, 0.05) is 29.7 Å². The molecule has 1 saturated carbocycles. The van der Waals surface area contributed by atoms with Gasteiger partial charge in [-0.2, -0.15) is 0 Å². The molecule has 206 valence electrons. The number of hydrogen-bond donors (Lipinski definition) is 1. The highest BCUT2D eigenvalue weighted by Gasteiger charge is 2.48. The Balaban J connectivity index is 1.33. The van der Waals surface area contributed by atoms with Gasteiger partial charge in [-0.3, -0.25) is 9.69 Å². The van der Waals surface area contributed by atoms with Gasteiger partial charge in [0.1, 0.15) is 12.2 Å². The normalized spacial score (nSPS) is 26.0. The minimum atomic E-state index is -0.173. The standard InChI is InChI=1S/C31H39N5O2S/c1-20-7-6-10-35(16-20)27(18-37)22-11-25-26(28(12-22)39-4)17-36(29(25)38)24-9-5-8-23(13-24)31(14-21(2)15-31)30-33-32-19-34(30)3/h5,8-9,11-13,19-21,27,37H,6-7,10,14-18H2,1-4H3/t20-,21-,27?,31+/m0/s1. The number of benzene rings is 2. The maximum absolute atomic E-state index is 14.0. The average molecular weight is 546 g/mol. The van der Waals surface area contributed by atoms with Gasteiger partial charge in [-0.25, -0.2) is 0 Å². The number of thioether (sulfide) groups is 1. The van der Waals surface area contributed by atoms with Crippen LogP contribution in [0.3, 0.4) is 0 Å². The summed E-state index contributed by atoms with van der Waals surface area (Å²) in [6.07, 6.45) is 8.28. The molecule has 6 rings (SSSR count). The Morgan fingerprint density at radius 2 is 2.00 bits per heavy atom. The van der Waals surface area contributed by atoms with Crippen molar-refractivity contribution >= 4 is 23.4 Å². The average Bonchev–Trinajstić information content (AvgIpc) is 3.50. The highest BCUT2D eigenvalue weighted by molar-refractivity contribution is 7.98. The molecule has 7 nitrogen and oxygen atoms in total. The van der Waals surface area contributed by atoms with Crippen molar-refractivity contribution in [2.45, 2.75) is 62.4 Å². The lowest BCUT2D eigenvalue weighted by Gasteiger charge is -2.46. The van der Waals surface area contributed by atoms with Crippen molar-refractivity contribution < 1.29 is 9.90 Å². The van der Waals surface area contributed by atoms with Crippen LogP contribution in [0.4, 0.5) is 5.69 Å². The summed E-state index contributed by atoms with van der Waals surface area (Å²) in [7, 11) is 2.01. The van der Waals surface area contributed by atoms with Crippen LogP contribution in [-0.4, -0.2) is 56.6 Å². The Morgan fingerprint density at radius 1 is 1.18 bits per heavy atom. The number of aliphatic hydroxyl groups excluding tert-OH is 1. The van der Waals surface area contributed by atoms with E-state index in [1.54, 1.807) is 18.1 Å². The maximum atomic E-state index is 14.0. The van der Waals surface area contributed by atoms with Gasteiger partial charge in [0.25, 0.3) is 5.91 Å². The lowest BCUT2D eigenvalue weighted by atomic mass is 9.58. The number of fused-ring (bicyclic) bond motifs is 1. The second-order valence-electron chi connectivity index (χ2n) is 12.0. The maximum Gasteiger partial charge on any atom is 0.258 e. The highest BCUT2D eigenvalue weighted by atomic mass is 32.2. The van der Waals surface area contributed by atoms with Crippen LogP contribution in [0.2, 0.25) is 0 Å². The number of likely N-dealkylation sites (tertiary alicyclic amines) is 1. The lowest BCUT2D eigenvalue weighted by Crippen LogP contribution is -2.43. The van der Waals surface area contributed by atoms with Crippen LogP contribution in [0.5, 0.6) is 0 Å². The molecule has 1 aliphatic carbocycles. The van der Waals surface area contributed by atoms with Gasteiger partial charge in [-0.15, -0.1) is 22.0 Å². The summed E-state index contributed by atoms with van der Waals surface area (Å²) in [5, 5.41) is 19.1. The number of carbonyl (C=O) groups is 1. The van der Waals surface area contributed by atoms with Crippen LogP contribution in [0.15, 0.2) is 47.6 Å². The van der Waals surface area contributed by atoms with Crippen LogP contribution in [0.1, 0.15) is 78.4 Å². The first-order valence-corrected chi connectivity index (χ1v) is 15.4. The van der Waals surface area contributed by atoms with Gasteiger partial charge in [0.15, 0.2) is 0 Å². The quantitative estimate of drug-likeness (QED) is 0.413. The summed E-state index contributed by atoms with van der Waals surface area (Å²) >= 11 is 1.69. The molecular weight excluding hydrogens is 506 g/mol. The molecule has 0 bridgehead atoms. The summed E-state index contributed by atoms with van der Waals surface area (Å²) in [4.78, 5) is 19.4. The number of rotatable bonds is 7. The molecule has 2 aromatic carbocycles. The number of piperidine rings is 1. The Kier molecular flexibility index (Phi) is 7.06. The molecule has 1 amide bonds. The van der Waals surface area contributed by atoms with E-state index in [9.17, 15) is 9.90 Å². The number of aliphatic hydroxyl groups is 1. The van der Waals surface area contributed by atoms with E-state index in [1.165, 1.54) is 12.0 Å². The third kappa shape index (κ3) is 4.50. The fraction of sp³-hybridized carbons (Fsp3) is 0.516. The largest absolute Gasteiger partial charge is 0.394 e. The molecule has 3 aromatic rings. The molecule has 1 N–H and O–H groups in total. The zero-order valence-corrected chi connectivity index (χ0v) is 24.2. The minimum absolute atomic E-state index is 0.0395. The summed E-state index contributed by atoms with van der Waals surface area (Å²) in [6.45, 7) is 7.15. The van der Waals surface area contributed by atoms with E-state index in [0.29, 0.717) is 18.4 Å². The van der Waals surface area contributed by atoms with Gasteiger partial charge in [0.2, 0.25) is 0 Å². The Morgan fingerprint density at radius 3 is 2.67 bits per heavy atom. The molecule has 39 heavy (non-hydrogen) atoms. The summed E-state index contributed by atoms with van der Waals surface area (Å²) in [6, 6.07) is 12.7. The lowest BCUT2D eigenvalue weighted by molar-refractivity contribution is 0.0836. The van der Waals surface area contributed by atoms with Crippen molar-refractivity contribution in [3.63, 3.8) is 0 Å². The van der Waals surface area contributed by atoms with Gasteiger partial charge in [0.05, 0.1) is 24.6 Å². The Bertz CT molecular complexity index is 1380. The smallest absolute Gasteiger partial charge is 0.258 e. The fourth-order valence-corrected chi connectivity index (χ4v) is 7.96. The predicted octanol–water partition coefficient (Wildman–Crippen LogP) is 5.18. The number of anilines is 1.